The molecule has 82 heavy (non-hydrogen) atoms. The number of carbonyl (C=O) groups excluding carboxylic acids is 2. The second-order valence-corrected chi connectivity index (χ2v) is 23.7. The molecule has 0 radical (unpaired) electrons. The third-order valence-electron chi connectivity index (χ3n) is 13.2. The fourth-order valence-corrected chi connectivity index (χ4v) is 11.5. The predicted molar refractivity (Wildman–Crippen MR) is 300 cm³/mol. The molecule has 4 amide bonds. The van der Waals surface area contributed by atoms with Crippen LogP contribution in [-0.4, -0.2) is 171 Å². The topological polar surface area (TPSA) is 284 Å². The zero-order valence-corrected chi connectivity index (χ0v) is 49.0. The normalized spacial score (nSPS) is 16.5. The van der Waals surface area contributed by atoms with Crippen LogP contribution >= 0.6 is 23.2 Å². The van der Waals surface area contributed by atoms with Gasteiger partial charge in [0.05, 0.1) is 98.0 Å². The van der Waals surface area contributed by atoms with Crippen molar-refractivity contribution in [1.82, 2.24) is 40.5 Å². The van der Waals surface area contributed by atoms with Gasteiger partial charge in [0.2, 0.25) is 20.0 Å². The SMILES string of the molecule is CN(C)[C@H]1Cc2c(C#N)cc(Cl)cc2[C@@H]1Oc1ccc(S(=O)(=O)NCCOCCOCCNC(=O)NCCCCNC(=O)NCCOCCOCCNS(=O)(=O)c2ccc(O[C@H]3c4cc(Cl)cc(C#N)c4C[C@@H]3N(C)C)c(F)c2)cc1F. The smallest absolute Gasteiger partial charge is 0.314 e. The molecular weight excluding hydrogens is 1150 g/mol. The lowest BCUT2D eigenvalue weighted by atomic mass is 10.0. The number of nitrogens with one attached hydrogen (secondary N) is 6. The standard InChI is InChI=1S/C54H68Cl2F2N10O12S2/c1-67(2)47-31-41-35(33-59)25-37(55)27-43(41)51(47)79-49-9-7-39(29-45(49)57)81(71,72)65-15-19-77-23-21-75-17-13-63-53(69)61-11-5-6-12-62-54(70)64-14-18-76-22-24-78-20-16-66-82(73,74)40-8-10-50(46(58)30-40)80-52-44-28-38(56)26-36(34-60)42(44)32-48(52)68(3)4/h7-10,25-30,47-48,51-52,65-66H,5-6,11-24,31-32H2,1-4H3,(H2,61,63,69)(H2,62,64,70)/t47-,48-,51-,52-/m0/s1. The molecule has 2 aliphatic rings. The van der Waals surface area contributed by atoms with E-state index in [-0.39, 0.29) is 124 Å². The van der Waals surface area contributed by atoms with Gasteiger partial charge in [0.15, 0.2) is 23.1 Å². The predicted octanol–water partition coefficient (Wildman–Crippen LogP) is 4.93. The lowest BCUT2D eigenvalue weighted by molar-refractivity contribution is 0.0516. The Balaban J connectivity index is 0.715. The summed E-state index contributed by atoms with van der Waals surface area (Å²) in [6.45, 7) is 2.20. The molecule has 0 spiro atoms. The summed E-state index contributed by atoms with van der Waals surface area (Å²) in [5.74, 6) is -2.04. The monoisotopic (exact) mass is 1220 g/mol. The van der Waals surface area contributed by atoms with Crippen molar-refractivity contribution in [3.8, 4) is 23.6 Å². The van der Waals surface area contributed by atoms with Gasteiger partial charge >= 0.3 is 12.1 Å². The maximum atomic E-state index is 15.3. The average molecular weight is 1220 g/mol. The third kappa shape index (κ3) is 18.8. The van der Waals surface area contributed by atoms with E-state index in [9.17, 15) is 36.9 Å². The highest BCUT2D eigenvalue weighted by atomic mass is 35.5. The van der Waals surface area contributed by atoms with Crippen LogP contribution < -0.4 is 40.2 Å². The number of fused-ring (bicyclic) bond motifs is 2. The van der Waals surface area contributed by atoms with Gasteiger partial charge in [-0.15, -0.1) is 0 Å². The zero-order chi connectivity index (χ0) is 59.4. The second-order valence-electron chi connectivity index (χ2n) is 19.3. The molecule has 22 nitrogen and oxygen atoms in total. The molecular formula is C54H68Cl2F2N10O12S2. The van der Waals surface area contributed by atoms with Crippen molar-refractivity contribution in [2.45, 2.75) is 59.8 Å². The van der Waals surface area contributed by atoms with Crippen molar-refractivity contribution in [3.05, 3.63) is 116 Å². The van der Waals surface area contributed by atoms with Crippen molar-refractivity contribution >= 4 is 55.3 Å². The molecule has 0 saturated heterocycles. The summed E-state index contributed by atoms with van der Waals surface area (Å²) in [6, 6.07) is 16.4. The molecule has 0 bridgehead atoms. The highest BCUT2D eigenvalue weighted by Crippen LogP contribution is 2.43. The van der Waals surface area contributed by atoms with Crippen LogP contribution in [0.1, 0.15) is 58.4 Å². The molecule has 6 rings (SSSR count). The van der Waals surface area contributed by atoms with E-state index in [0.717, 1.165) is 23.3 Å². The molecule has 0 saturated carbocycles. The number of unbranched alkanes of at least 4 members (excludes halogenated alkanes) is 1. The summed E-state index contributed by atoms with van der Waals surface area (Å²) in [4.78, 5) is 27.4. The highest BCUT2D eigenvalue weighted by Gasteiger charge is 2.40. The molecule has 6 N–H and O–H groups in total. The van der Waals surface area contributed by atoms with Crippen LogP contribution in [-0.2, 0) is 51.8 Å². The van der Waals surface area contributed by atoms with Gasteiger partial charge < -0.3 is 59.5 Å². The Morgan fingerprint density at radius 2 is 0.902 bits per heavy atom. The van der Waals surface area contributed by atoms with Crippen LogP contribution in [0.3, 0.4) is 0 Å². The molecule has 2 aliphatic carbocycles. The lowest BCUT2D eigenvalue weighted by Crippen LogP contribution is -2.39. The van der Waals surface area contributed by atoms with E-state index < -0.39 is 43.9 Å². The number of amides is 4. The van der Waals surface area contributed by atoms with Gasteiger partial charge in [-0.1, -0.05) is 23.2 Å². The molecule has 0 unspecified atom stereocenters. The van der Waals surface area contributed by atoms with E-state index in [0.29, 0.717) is 71.1 Å². The second kappa shape index (κ2) is 31.6. The van der Waals surface area contributed by atoms with E-state index in [1.165, 1.54) is 24.3 Å². The first-order chi connectivity index (χ1) is 39.2. The fourth-order valence-electron chi connectivity index (χ4n) is 9.04. The molecule has 28 heteroatoms. The van der Waals surface area contributed by atoms with Crippen LogP contribution in [0.25, 0.3) is 0 Å². The number of urea groups is 2. The Labute approximate surface area is 487 Å². The number of sulfonamides is 2. The van der Waals surface area contributed by atoms with Gasteiger partial charge in [0, 0.05) is 49.3 Å². The Morgan fingerprint density at radius 1 is 0.549 bits per heavy atom. The van der Waals surface area contributed by atoms with Crippen molar-refractivity contribution in [3.63, 3.8) is 0 Å². The van der Waals surface area contributed by atoms with Gasteiger partial charge in [-0.3, -0.25) is 0 Å². The molecule has 0 aromatic heterocycles. The largest absolute Gasteiger partial charge is 0.481 e. The van der Waals surface area contributed by atoms with Gasteiger partial charge in [-0.25, -0.2) is 44.6 Å². The van der Waals surface area contributed by atoms with Crippen LogP contribution in [0.4, 0.5) is 18.4 Å². The Kier molecular flexibility index (Phi) is 25.1. The van der Waals surface area contributed by atoms with E-state index in [2.05, 4.69) is 42.8 Å². The number of nitriles is 2. The fraction of sp³-hybridized carbons (Fsp3) is 0.481. The first-order valence-electron chi connectivity index (χ1n) is 26.3. The summed E-state index contributed by atoms with van der Waals surface area (Å²) >= 11 is 12.5. The summed E-state index contributed by atoms with van der Waals surface area (Å²) < 4.78 is 121. The summed E-state index contributed by atoms with van der Waals surface area (Å²) in [5.41, 5.74) is 3.73. The maximum absolute atomic E-state index is 15.3. The number of hydrogen-bond acceptors (Lipinski definition) is 16. The van der Waals surface area contributed by atoms with Crippen molar-refractivity contribution in [2.75, 3.05) is 120 Å². The van der Waals surface area contributed by atoms with Crippen LogP contribution in [0.2, 0.25) is 10.0 Å². The van der Waals surface area contributed by atoms with E-state index >= 15 is 8.78 Å². The Hall–Kier alpha value is -5.98. The molecule has 4 atom stereocenters. The number of rotatable bonds is 33. The minimum Gasteiger partial charge on any atom is -0.481 e. The van der Waals surface area contributed by atoms with E-state index in [4.69, 9.17) is 51.6 Å². The van der Waals surface area contributed by atoms with E-state index in [1.54, 1.807) is 24.3 Å². The quantitative estimate of drug-likeness (QED) is 0.0345. The molecule has 0 heterocycles. The molecule has 0 aliphatic heterocycles. The number of benzene rings is 4. The maximum Gasteiger partial charge on any atom is 0.314 e. The van der Waals surface area contributed by atoms with Crippen molar-refractivity contribution in [1.29, 1.82) is 10.5 Å². The van der Waals surface area contributed by atoms with Crippen LogP contribution in [0, 0.1) is 34.3 Å². The summed E-state index contributed by atoms with van der Waals surface area (Å²) in [5, 5.41) is 30.7. The minimum absolute atomic E-state index is 0.0204. The van der Waals surface area contributed by atoms with Crippen LogP contribution in [0.15, 0.2) is 70.5 Å². The molecule has 0 fully saturated rings. The van der Waals surface area contributed by atoms with Crippen molar-refractivity contribution < 1.29 is 63.6 Å². The molecule has 446 valence electrons. The summed E-state index contributed by atoms with van der Waals surface area (Å²) in [7, 11) is -0.763. The summed E-state index contributed by atoms with van der Waals surface area (Å²) in [6.07, 6.45) is 0.890. The van der Waals surface area contributed by atoms with Crippen LogP contribution in [0.5, 0.6) is 11.5 Å². The van der Waals surface area contributed by atoms with Gasteiger partial charge in [-0.05, 0) is 137 Å². The minimum atomic E-state index is -4.08. The number of ether oxygens (including phenoxy) is 6. The van der Waals surface area contributed by atoms with Gasteiger partial charge in [0.1, 0.15) is 12.2 Å². The Morgan fingerprint density at radius 3 is 1.24 bits per heavy atom. The van der Waals surface area contributed by atoms with E-state index in [1.807, 2.05) is 38.0 Å². The first-order valence-corrected chi connectivity index (χ1v) is 30.0. The highest BCUT2D eigenvalue weighted by molar-refractivity contribution is 7.89. The Bertz CT molecular complexity index is 2950. The number of halogens is 4. The zero-order valence-electron chi connectivity index (χ0n) is 45.8. The lowest BCUT2D eigenvalue weighted by Gasteiger charge is -2.27. The number of likely N-dealkylation sites (N-methyl/N-ethyl adjacent to an activating group) is 2. The first kappa shape index (κ1) is 65.2. The van der Waals surface area contributed by atoms with Gasteiger partial charge in [-0.2, -0.15) is 10.5 Å². The molecule has 4 aromatic carbocycles. The number of nitrogens with zero attached hydrogens (tertiary/aromatic N) is 4. The third-order valence-corrected chi connectivity index (χ3v) is 16.6. The average Bonchev–Trinajstić information content (AvgIpc) is 4.16. The molecule has 4 aromatic rings. The van der Waals surface area contributed by atoms with Gasteiger partial charge in [0.25, 0.3) is 0 Å². The number of carbonyl (C=O) groups is 2. The van der Waals surface area contributed by atoms with Crippen molar-refractivity contribution in [2.24, 2.45) is 0 Å². The number of hydrogen-bond donors (Lipinski definition) is 6.